The fourth-order valence-corrected chi connectivity index (χ4v) is 8.65. The first-order chi connectivity index (χ1) is 39.3. The fraction of sp³-hybridized carbons (Fsp3) is 0.521. The number of aliphatic carboxylic acids is 2. The molecule has 0 fully saturated rings. The number of rotatable bonds is 35. The Hall–Kier alpha value is -9.51. The number of hydrogen-bond donors (Lipinski definition) is 18. The van der Waals surface area contributed by atoms with Gasteiger partial charge in [0.1, 0.15) is 59.8 Å². The van der Waals surface area contributed by atoms with E-state index in [2.05, 4.69) is 52.8 Å². The average Bonchev–Trinajstić information content (AvgIpc) is 2.26. The topological polar surface area (TPSA) is 547 Å². The SMILES string of the molecule is NC(=O)CCC(NC(=O)C(CCC(N)=O)NC(=O)C(CCCN(O)C=O)NC(=O)C1CCN=C(C(CO)NC(=O)[C@@H]2CCNc3c(NC(=O)CCC(=O)O)cc4cc(O)c(O)cc4[n+]32)N1)C(=O)NC(CCCN(O)C=O)C(=O)NCC(=O)O. The number of phenolic OH excluding ortho intramolecular Hbond substituents is 2. The number of carboxylic acid groups (broad SMARTS) is 2. The van der Waals surface area contributed by atoms with E-state index in [1.165, 1.54) is 22.8 Å². The summed E-state index contributed by atoms with van der Waals surface area (Å²) in [5.74, 6) is -12.3. The molecule has 1 aromatic heterocycles. The molecule has 3 heterocycles. The lowest BCUT2D eigenvalue weighted by atomic mass is 10.0. The number of fused-ring (bicyclic) bond motifs is 3. The number of aromatic nitrogens is 1. The first kappa shape index (κ1) is 66.0. The van der Waals surface area contributed by atoms with Gasteiger partial charge in [-0.1, -0.05) is 0 Å². The molecule has 454 valence electrons. The summed E-state index contributed by atoms with van der Waals surface area (Å²) in [5.41, 5.74) is 11.0. The molecule has 0 saturated heterocycles. The zero-order valence-electron chi connectivity index (χ0n) is 44.5. The molecule has 20 N–H and O–H groups in total. The number of aromatic hydroxyl groups is 2. The molecular formula is C48H68N15O20+. The van der Waals surface area contributed by atoms with Gasteiger partial charge < -0.3 is 79.5 Å². The third-order valence-corrected chi connectivity index (χ3v) is 12.8. The molecule has 2 aliphatic rings. The molecule has 6 unspecified atom stereocenters. The highest BCUT2D eigenvalue weighted by Gasteiger charge is 2.39. The number of hydroxylamine groups is 4. The number of aliphatic hydroxyl groups excluding tert-OH is 1. The quantitative estimate of drug-likeness (QED) is 0.0100. The number of phenols is 2. The minimum absolute atomic E-state index is 0.0365. The van der Waals surface area contributed by atoms with Crippen LogP contribution in [0.4, 0.5) is 11.5 Å². The Morgan fingerprint density at radius 2 is 1.23 bits per heavy atom. The maximum absolute atomic E-state index is 14.3. The van der Waals surface area contributed by atoms with Crippen LogP contribution in [-0.4, -0.2) is 205 Å². The Kier molecular flexibility index (Phi) is 25.5. The summed E-state index contributed by atoms with van der Waals surface area (Å²) in [5, 5.41) is 92.6. The van der Waals surface area contributed by atoms with E-state index in [0.717, 1.165) is 0 Å². The smallest absolute Gasteiger partial charge is 0.322 e. The molecule has 0 aliphatic carbocycles. The van der Waals surface area contributed by atoms with Crippen molar-refractivity contribution in [2.45, 2.75) is 119 Å². The Bertz CT molecular complexity index is 2800. The lowest BCUT2D eigenvalue weighted by Gasteiger charge is -2.31. The molecule has 2 aromatic rings. The number of aliphatic imine (C=N–C) groups is 1. The second kappa shape index (κ2) is 32.1. The number of hydrogen-bond acceptors (Lipinski definition) is 21. The molecule has 83 heavy (non-hydrogen) atoms. The summed E-state index contributed by atoms with van der Waals surface area (Å²) in [4.78, 5) is 169. The van der Waals surface area contributed by atoms with E-state index >= 15 is 0 Å². The number of nitrogens with one attached hydrogen (secondary N) is 9. The number of carbonyl (C=O) groups excluding carboxylic acids is 11. The lowest BCUT2D eigenvalue weighted by Crippen LogP contribution is -2.62. The van der Waals surface area contributed by atoms with E-state index in [1.807, 2.05) is 0 Å². The highest BCUT2D eigenvalue weighted by atomic mass is 16.5. The second-order valence-corrected chi connectivity index (χ2v) is 19.0. The van der Waals surface area contributed by atoms with Gasteiger partial charge in [0.2, 0.25) is 60.1 Å². The van der Waals surface area contributed by atoms with Crippen LogP contribution in [0.2, 0.25) is 0 Å². The Morgan fingerprint density at radius 3 is 1.75 bits per heavy atom. The van der Waals surface area contributed by atoms with Crippen LogP contribution in [0.15, 0.2) is 23.2 Å². The molecule has 11 amide bonds. The maximum Gasteiger partial charge on any atom is 0.322 e. The third kappa shape index (κ3) is 20.5. The van der Waals surface area contributed by atoms with Crippen molar-refractivity contribution in [1.82, 2.24) is 47.3 Å². The number of benzene rings is 1. The van der Waals surface area contributed by atoms with Gasteiger partial charge in [-0.15, -0.1) is 0 Å². The summed E-state index contributed by atoms with van der Waals surface area (Å²) in [6, 6.07) is -6.51. The van der Waals surface area contributed by atoms with E-state index in [-0.39, 0.29) is 116 Å². The fourth-order valence-electron chi connectivity index (χ4n) is 8.65. The first-order valence-electron chi connectivity index (χ1n) is 25.9. The summed E-state index contributed by atoms with van der Waals surface area (Å²) in [6.45, 7) is -2.32. The molecule has 0 radical (unpaired) electrons. The van der Waals surface area contributed by atoms with Gasteiger partial charge in [0.15, 0.2) is 17.5 Å². The lowest BCUT2D eigenvalue weighted by molar-refractivity contribution is -0.674. The van der Waals surface area contributed by atoms with Crippen LogP contribution in [0.5, 0.6) is 11.5 Å². The highest BCUT2D eigenvalue weighted by Crippen LogP contribution is 2.35. The average molecular weight is 1180 g/mol. The van der Waals surface area contributed by atoms with Gasteiger partial charge in [0.25, 0.3) is 11.7 Å². The first-order valence-corrected chi connectivity index (χ1v) is 25.9. The number of carboxylic acids is 2. The van der Waals surface area contributed by atoms with Gasteiger partial charge in [-0.2, -0.15) is 0 Å². The van der Waals surface area contributed by atoms with Gasteiger partial charge in [0, 0.05) is 56.8 Å². The van der Waals surface area contributed by atoms with Crippen LogP contribution in [0.1, 0.15) is 83.1 Å². The minimum Gasteiger partial charge on any atom is -0.504 e. The zero-order valence-corrected chi connectivity index (χ0v) is 44.5. The van der Waals surface area contributed by atoms with Crippen molar-refractivity contribution in [3.8, 4) is 11.5 Å². The van der Waals surface area contributed by atoms with Crippen molar-refractivity contribution in [1.29, 1.82) is 0 Å². The second-order valence-electron chi connectivity index (χ2n) is 19.0. The number of nitrogens with two attached hydrogens (primary N) is 2. The van der Waals surface area contributed by atoms with Gasteiger partial charge in [0.05, 0.1) is 19.6 Å². The molecule has 35 heteroatoms. The van der Waals surface area contributed by atoms with E-state index in [4.69, 9.17) is 21.7 Å². The number of primary amides is 2. The van der Waals surface area contributed by atoms with Gasteiger partial charge in [-0.3, -0.25) is 83.1 Å². The van der Waals surface area contributed by atoms with Crippen LogP contribution < -0.4 is 63.9 Å². The molecule has 7 atom stereocenters. The molecule has 2 aliphatic heterocycles. The number of nitrogens with zero attached hydrogens (tertiary/aromatic N) is 4. The Labute approximate surface area is 470 Å². The van der Waals surface area contributed by atoms with Crippen molar-refractivity contribution in [2.75, 3.05) is 50.0 Å². The molecular weight excluding hydrogens is 1110 g/mol. The van der Waals surface area contributed by atoms with E-state index in [0.29, 0.717) is 0 Å². The van der Waals surface area contributed by atoms with E-state index < -0.39 is 171 Å². The molecule has 0 bridgehead atoms. The monoisotopic (exact) mass is 1170 g/mol. The molecule has 0 saturated carbocycles. The predicted molar refractivity (Wildman–Crippen MR) is 281 cm³/mol. The molecule has 1 aromatic carbocycles. The standard InChI is InChI=1S/C48H67N15O20/c49-36(69)7-5-27(45(78)56-25(3-1-15-61(82)22-65)43(76)53-20-40(74)75)59-46(79)28(6-8-37(50)70)58-44(77)26(4-2-16-62(83)23-66)57-47(80)29-11-13-51-41(55-29)31(21-64)60-48(81)32-12-14-52-42-30(54-38(71)9-10-39(72)73)17-24-18-34(67)35(68)19-33(24)63(32)42/h17-19,22-23,25-29,31-32,64,82-83H,1-16,20-21H2,(H16,49,50,51,52,53,54,55,56,57,58,59,60,67,68,69,70,71,72,73,74,75,76,77,78,79,80,81)/p+1/t25?,26?,27?,28?,29?,31?,32-/m0/s1. The van der Waals surface area contributed by atoms with Crippen LogP contribution >= 0.6 is 0 Å². The van der Waals surface area contributed by atoms with Crippen molar-refractivity contribution >= 4 is 106 Å². The normalized spacial score (nSPS) is 16.1. The van der Waals surface area contributed by atoms with Crippen molar-refractivity contribution in [3.63, 3.8) is 0 Å². The van der Waals surface area contributed by atoms with E-state index in [1.54, 1.807) is 0 Å². The Morgan fingerprint density at radius 1 is 0.687 bits per heavy atom. The number of amides is 11. The Balaban J connectivity index is 1.56. The van der Waals surface area contributed by atoms with Crippen LogP contribution in [0.25, 0.3) is 10.9 Å². The van der Waals surface area contributed by atoms with Crippen molar-refractivity contribution < 1.29 is 103 Å². The summed E-state index contributed by atoms with van der Waals surface area (Å²) in [6.07, 6.45) is -3.79. The van der Waals surface area contributed by atoms with E-state index in [9.17, 15) is 88.1 Å². The number of amidine groups is 1. The predicted octanol–water partition coefficient (Wildman–Crippen LogP) is -6.14. The van der Waals surface area contributed by atoms with Crippen molar-refractivity contribution in [2.24, 2.45) is 16.5 Å². The molecule has 0 spiro atoms. The van der Waals surface area contributed by atoms with Gasteiger partial charge in [-0.25, -0.2) is 14.7 Å². The molecule has 35 nitrogen and oxygen atoms in total. The zero-order chi connectivity index (χ0) is 61.5. The minimum atomic E-state index is -1.74. The largest absolute Gasteiger partial charge is 0.504 e. The van der Waals surface area contributed by atoms with Crippen molar-refractivity contribution in [3.05, 3.63) is 18.2 Å². The summed E-state index contributed by atoms with van der Waals surface area (Å²) >= 11 is 0. The molecule has 4 rings (SSSR count). The number of pyridine rings is 1. The summed E-state index contributed by atoms with van der Waals surface area (Å²) in [7, 11) is 0. The number of carbonyl (C=O) groups is 13. The van der Waals surface area contributed by atoms with Crippen LogP contribution in [-0.2, 0) is 62.3 Å². The highest BCUT2D eigenvalue weighted by molar-refractivity contribution is 6.00. The number of anilines is 2. The van der Waals surface area contributed by atoms with Gasteiger partial charge >= 0.3 is 11.9 Å². The summed E-state index contributed by atoms with van der Waals surface area (Å²) < 4.78 is 1.43. The van der Waals surface area contributed by atoms with Gasteiger partial charge in [-0.05, 0) is 57.1 Å². The van der Waals surface area contributed by atoms with Crippen LogP contribution in [0, 0.1) is 0 Å². The number of aliphatic hydroxyl groups is 1. The maximum atomic E-state index is 14.3. The van der Waals surface area contributed by atoms with Crippen LogP contribution in [0.3, 0.4) is 0 Å². The third-order valence-electron chi connectivity index (χ3n) is 12.8.